The molecule has 3 aromatic carbocycles. The molecule has 0 aliphatic rings. The van der Waals surface area contributed by atoms with E-state index in [-0.39, 0.29) is 19.6 Å². The highest BCUT2D eigenvalue weighted by molar-refractivity contribution is 5.84. The summed E-state index contributed by atoms with van der Waals surface area (Å²) in [5.74, 6) is -1.57. The normalized spacial score (nSPS) is 11.4. The van der Waals surface area contributed by atoms with Gasteiger partial charge in [-0.15, -0.1) is 0 Å². The Hall–Kier alpha value is -3.40. The minimum atomic E-state index is -0.701. The number of esters is 2. The third kappa shape index (κ3) is 5.81. The van der Waals surface area contributed by atoms with Gasteiger partial charge in [0.25, 0.3) is 0 Å². The number of hydrogen-bond acceptors (Lipinski definition) is 4. The average molecular weight is 374 g/mol. The van der Waals surface area contributed by atoms with Crippen molar-refractivity contribution in [2.24, 2.45) is 0 Å². The topological polar surface area (TPSA) is 52.6 Å². The molecule has 0 aliphatic heterocycles. The number of benzene rings is 3. The summed E-state index contributed by atoms with van der Waals surface area (Å²) in [4.78, 5) is 25.0. The SMILES string of the molecule is O=C(CC(C(=O)OCc1ccccc1)c1ccccc1)OCc1ccccc1. The number of rotatable bonds is 8. The van der Waals surface area contributed by atoms with Gasteiger partial charge in [-0.05, 0) is 16.7 Å². The zero-order valence-electron chi connectivity index (χ0n) is 15.5. The molecule has 0 radical (unpaired) electrons. The van der Waals surface area contributed by atoms with Crippen LogP contribution in [0.4, 0.5) is 0 Å². The Labute approximate surface area is 164 Å². The fourth-order valence-electron chi connectivity index (χ4n) is 2.82. The van der Waals surface area contributed by atoms with E-state index in [9.17, 15) is 9.59 Å². The molecule has 28 heavy (non-hydrogen) atoms. The van der Waals surface area contributed by atoms with Gasteiger partial charge in [0.2, 0.25) is 0 Å². The molecule has 0 N–H and O–H groups in total. The third-order valence-corrected chi connectivity index (χ3v) is 4.32. The molecule has 0 aliphatic carbocycles. The molecule has 1 unspecified atom stereocenters. The summed E-state index contributed by atoms with van der Waals surface area (Å²) < 4.78 is 10.8. The van der Waals surface area contributed by atoms with Crippen molar-refractivity contribution in [1.82, 2.24) is 0 Å². The summed E-state index contributed by atoms with van der Waals surface area (Å²) in [5.41, 5.74) is 2.53. The summed E-state index contributed by atoms with van der Waals surface area (Å²) in [7, 11) is 0. The van der Waals surface area contributed by atoms with Gasteiger partial charge in [-0.1, -0.05) is 91.0 Å². The van der Waals surface area contributed by atoms with E-state index in [1.807, 2.05) is 91.0 Å². The van der Waals surface area contributed by atoms with E-state index in [1.54, 1.807) is 0 Å². The van der Waals surface area contributed by atoms with Crippen LogP contribution in [-0.4, -0.2) is 11.9 Å². The summed E-state index contributed by atoms with van der Waals surface area (Å²) in [5, 5.41) is 0. The Kier molecular flexibility index (Phi) is 6.96. The summed E-state index contributed by atoms with van der Waals surface area (Å²) in [6, 6.07) is 28.1. The molecular formula is C24H22O4. The first-order chi connectivity index (χ1) is 13.7. The maximum absolute atomic E-state index is 12.7. The lowest BCUT2D eigenvalue weighted by atomic mass is 9.96. The van der Waals surface area contributed by atoms with Gasteiger partial charge >= 0.3 is 11.9 Å². The average Bonchev–Trinajstić information content (AvgIpc) is 2.76. The molecule has 0 amide bonds. The third-order valence-electron chi connectivity index (χ3n) is 4.32. The van der Waals surface area contributed by atoms with E-state index in [1.165, 1.54) is 0 Å². The van der Waals surface area contributed by atoms with Crippen LogP contribution in [0, 0.1) is 0 Å². The van der Waals surface area contributed by atoms with Crippen LogP contribution in [0.2, 0.25) is 0 Å². The number of hydrogen-bond donors (Lipinski definition) is 0. The van der Waals surface area contributed by atoms with Crippen LogP contribution >= 0.6 is 0 Å². The first-order valence-electron chi connectivity index (χ1n) is 9.17. The fraction of sp³-hybridized carbons (Fsp3) is 0.167. The van der Waals surface area contributed by atoms with E-state index in [4.69, 9.17) is 9.47 Å². The molecule has 0 aromatic heterocycles. The van der Waals surface area contributed by atoms with Crippen molar-refractivity contribution in [2.45, 2.75) is 25.6 Å². The van der Waals surface area contributed by atoms with Gasteiger partial charge in [0.05, 0.1) is 12.3 Å². The maximum atomic E-state index is 12.7. The summed E-state index contributed by atoms with van der Waals surface area (Å²) in [6.07, 6.45) is -0.0650. The van der Waals surface area contributed by atoms with Gasteiger partial charge in [-0.2, -0.15) is 0 Å². The van der Waals surface area contributed by atoms with E-state index in [2.05, 4.69) is 0 Å². The molecule has 0 saturated carbocycles. The van der Waals surface area contributed by atoms with Crippen molar-refractivity contribution in [3.8, 4) is 0 Å². The van der Waals surface area contributed by atoms with Crippen molar-refractivity contribution in [3.63, 3.8) is 0 Å². The van der Waals surface area contributed by atoms with E-state index in [0.717, 1.165) is 16.7 Å². The van der Waals surface area contributed by atoms with Crippen LogP contribution in [0.25, 0.3) is 0 Å². The zero-order chi connectivity index (χ0) is 19.6. The number of ether oxygens (including phenoxy) is 2. The Balaban J connectivity index is 1.63. The molecule has 0 heterocycles. The fourth-order valence-corrected chi connectivity index (χ4v) is 2.82. The Bertz CT molecular complexity index is 876. The van der Waals surface area contributed by atoms with Crippen LogP contribution in [0.3, 0.4) is 0 Å². The van der Waals surface area contributed by atoms with Gasteiger partial charge in [-0.25, -0.2) is 0 Å². The predicted molar refractivity (Wildman–Crippen MR) is 106 cm³/mol. The monoisotopic (exact) mass is 374 g/mol. The molecule has 0 bridgehead atoms. The smallest absolute Gasteiger partial charge is 0.314 e. The van der Waals surface area contributed by atoms with Gasteiger partial charge in [0.15, 0.2) is 0 Å². The Morgan fingerprint density at radius 2 is 1.11 bits per heavy atom. The molecule has 3 rings (SSSR count). The van der Waals surface area contributed by atoms with Crippen molar-refractivity contribution in [2.75, 3.05) is 0 Å². The number of carbonyl (C=O) groups is 2. The molecule has 3 aromatic rings. The first kappa shape index (κ1) is 19.4. The van der Waals surface area contributed by atoms with Gasteiger partial charge in [0, 0.05) is 0 Å². The van der Waals surface area contributed by atoms with Gasteiger partial charge < -0.3 is 9.47 Å². The van der Waals surface area contributed by atoms with E-state index >= 15 is 0 Å². The number of carbonyl (C=O) groups excluding carboxylic acids is 2. The summed E-state index contributed by atoms with van der Waals surface area (Å²) in [6.45, 7) is 0.350. The predicted octanol–water partition coefficient (Wildman–Crippen LogP) is 4.65. The lowest BCUT2D eigenvalue weighted by Gasteiger charge is -2.16. The lowest BCUT2D eigenvalue weighted by molar-refractivity contribution is -0.153. The Morgan fingerprint density at radius 3 is 1.64 bits per heavy atom. The van der Waals surface area contributed by atoms with Crippen LogP contribution in [0.5, 0.6) is 0 Å². The van der Waals surface area contributed by atoms with Crippen molar-refractivity contribution < 1.29 is 19.1 Å². The van der Waals surface area contributed by atoms with Crippen molar-refractivity contribution in [1.29, 1.82) is 0 Å². The molecule has 0 spiro atoms. The minimum Gasteiger partial charge on any atom is -0.461 e. The second kappa shape index (κ2) is 10.1. The second-order valence-electron chi connectivity index (χ2n) is 6.41. The molecule has 4 nitrogen and oxygen atoms in total. The highest BCUT2D eigenvalue weighted by atomic mass is 16.5. The quantitative estimate of drug-likeness (QED) is 0.539. The van der Waals surface area contributed by atoms with Crippen LogP contribution in [-0.2, 0) is 32.3 Å². The van der Waals surface area contributed by atoms with Gasteiger partial charge in [0.1, 0.15) is 13.2 Å². The first-order valence-corrected chi connectivity index (χ1v) is 9.17. The van der Waals surface area contributed by atoms with Crippen molar-refractivity contribution in [3.05, 3.63) is 108 Å². The lowest BCUT2D eigenvalue weighted by Crippen LogP contribution is -2.20. The van der Waals surface area contributed by atoms with Gasteiger partial charge in [-0.3, -0.25) is 9.59 Å². The molecule has 0 saturated heterocycles. The highest BCUT2D eigenvalue weighted by Gasteiger charge is 2.26. The minimum absolute atomic E-state index is 0.0650. The standard InChI is InChI=1S/C24H22O4/c25-23(27-17-19-10-4-1-5-11-19)16-22(21-14-8-3-9-15-21)24(26)28-18-20-12-6-2-7-13-20/h1-15,22H,16-18H2. The molecule has 142 valence electrons. The van der Waals surface area contributed by atoms with E-state index < -0.39 is 17.9 Å². The molecule has 1 atom stereocenters. The summed E-state index contributed by atoms with van der Waals surface area (Å²) >= 11 is 0. The second-order valence-corrected chi connectivity index (χ2v) is 6.41. The maximum Gasteiger partial charge on any atom is 0.314 e. The van der Waals surface area contributed by atoms with E-state index in [0.29, 0.717) is 0 Å². The van der Waals surface area contributed by atoms with Crippen molar-refractivity contribution >= 4 is 11.9 Å². The highest BCUT2D eigenvalue weighted by Crippen LogP contribution is 2.23. The largest absolute Gasteiger partial charge is 0.461 e. The molecular weight excluding hydrogens is 352 g/mol. The van der Waals surface area contributed by atoms with Crippen LogP contribution < -0.4 is 0 Å². The van der Waals surface area contributed by atoms with Crippen LogP contribution in [0.15, 0.2) is 91.0 Å². The zero-order valence-corrected chi connectivity index (χ0v) is 15.5. The Morgan fingerprint density at radius 1 is 0.643 bits per heavy atom. The molecule has 4 heteroatoms. The van der Waals surface area contributed by atoms with Crippen LogP contribution in [0.1, 0.15) is 29.0 Å². The molecule has 0 fully saturated rings.